The fraction of sp³-hybridized carbons (Fsp3) is 0.750. The molecule has 0 N–H and O–H groups in total. The Morgan fingerprint density at radius 3 is 1.90 bits per heavy atom. The first-order chi connectivity index (χ1) is 4.41. The third-order valence-corrected chi connectivity index (χ3v) is 6.10. The Kier molecular flexibility index (Phi) is 3.32. The summed E-state index contributed by atoms with van der Waals surface area (Å²) in [5.41, 5.74) is 2.84. The lowest BCUT2D eigenvalue weighted by Crippen LogP contribution is -2.46. The van der Waals surface area contributed by atoms with E-state index >= 15 is 0 Å². The third kappa shape index (κ3) is 2.27. The van der Waals surface area contributed by atoms with Gasteiger partial charge in [0, 0.05) is 5.67 Å². The minimum atomic E-state index is -1.15. The number of rotatable bonds is 3. The van der Waals surface area contributed by atoms with Crippen LogP contribution in [0.3, 0.4) is 0 Å². The minimum Gasteiger partial charge on any atom is -0.309 e. The normalized spacial score (nSPS) is 15.4. The first-order valence-electron chi connectivity index (χ1n) is 3.72. The standard InChI is InChI=1S/C8H19NSi/c1-7-10(5,6)8(2)9(3)4/h7-8H,1H2,2-6H3. The molecule has 0 bridgehead atoms. The summed E-state index contributed by atoms with van der Waals surface area (Å²) in [6.45, 7) is 10.8. The SMILES string of the molecule is C=C[Si](C)(C)C(C)N(C)C. The molecule has 60 valence electrons. The Morgan fingerprint density at radius 1 is 1.40 bits per heavy atom. The van der Waals surface area contributed by atoms with Crippen molar-refractivity contribution in [3.8, 4) is 0 Å². The molecule has 0 aromatic carbocycles. The predicted molar refractivity (Wildman–Crippen MR) is 50.8 cm³/mol. The molecular weight excluding hydrogens is 138 g/mol. The summed E-state index contributed by atoms with van der Waals surface area (Å²) in [7, 11) is 3.10. The topological polar surface area (TPSA) is 3.24 Å². The molecule has 0 aromatic rings. The molecule has 0 aliphatic heterocycles. The summed E-state index contributed by atoms with van der Waals surface area (Å²) in [6, 6.07) is 0. The zero-order chi connectivity index (χ0) is 8.36. The molecule has 10 heavy (non-hydrogen) atoms. The van der Waals surface area contributed by atoms with E-state index in [2.05, 4.69) is 51.3 Å². The number of hydrogen-bond acceptors (Lipinski definition) is 1. The first kappa shape index (κ1) is 9.92. The van der Waals surface area contributed by atoms with Gasteiger partial charge < -0.3 is 4.90 Å². The molecule has 0 amide bonds. The fourth-order valence-electron chi connectivity index (χ4n) is 0.836. The highest BCUT2D eigenvalue weighted by atomic mass is 28.3. The average Bonchev–Trinajstić information content (AvgIpc) is 1.86. The van der Waals surface area contributed by atoms with Gasteiger partial charge in [0.15, 0.2) is 0 Å². The van der Waals surface area contributed by atoms with Crippen molar-refractivity contribution in [2.75, 3.05) is 14.1 Å². The van der Waals surface area contributed by atoms with Crippen LogP contribution in [0.1, 0.15) is 6.92 Å². The molecule has 0 fully saturated rings. The van der Waals surface area contributed by atoms with Crippen LogP contribution in [-0.4, -0.2) is 32.7 Å². The van der Waals surface area contributed by atoms with Crippen LogP contribution in [0.15, 0.2) is 12.3 Å². The lowest BCUT2D eigenvalue weighted by atomic mass is 10.7. The van der Waals surface area contributed by atoms with E-state index in [0.29, 0.717) is 5.67 Å². The van der Waals surface area contributed by atoms with Gasteiger partial charge in [0.2, 0.25) is 0 Å². The zero-order valence-corrected chi connectivity index (χ0v) is 8.81. The third-order valence-electron chi connectivity index (χ3n) is 2.38. The van der Waals surface area contributed by atoms with E-state index in [-0.39, 0.29) is 0 Å². The smallest absolute Gasteiger partial charge is 0.0889 e. The van der Waals surface area contributed by atoms with Crippen LogP contribution in [0.4, 0.5) is 0 Å². The maximum Gasteiger partial charge on any atom is 0.0889 e. The van der Waals surface area contributed by atoms with Crippen molar-refractivity contribution in [3.05, 3.63) is 12.3 Å². The highest BCUT2D eigenvalue weighted by Gasteiger charge is 2.25. The molecule has 0 rings (SSSR count). The molecule has 0 aromatic heterocycles. The van der Waals surface area contributed by atoms with Gasteiger partial charge in [0.05, 0.1) is 8.07 Å². The van der Waals surface area contributed by atoms with Gasteiger partial charge in [-0.3, -0.25) is 0 Å². The summed E-state index contributed by atoms with van der Waals surface area (Å²) < 4.78 is 0. The Bertz CT molecular complexity index is 118. The van der Waals surface area contributed by atoms with Crippen LogP contribution < -0.4 is 0 Å². The van der Waals surface area contributed by atoms with Crippen molar-refractivity contribution in [2.24, 2.45) is 0 Å². The van der Waals surface area contributed by atoms with E-state index in [9.17, 15) is 0 Å². The van der Waals surface area contributed by atoms with E-state index in [4.69, 9.17) is 0 Å². The maximum atomic E-state index is 3.87. The fourth-order valence-corrected chi connectivity index (χ4v) is 2.51. The summed E-state index contributed by atoms with van der Waals surface area (Å²) >= 11 is 0. The summed E-state index contributed by atoms with van der Waals surface area (Å²) in [5.74, 6) is 0. The van der Waals surface area contributed by atoms with Crippen molar-refractivity contribution in [2.45, 2.75) is 25.7 Å². The molecule has 0 spiro atoms. The molecule has 0 aliphatic carbocycles. The quantitative estimate of drug-likeness (QED) is 0.566. The molecule has 0 heterocycles. The highest BCUT2D eigenvalue weighted by Crippen LogP contribution is 2.12. The van der Waals surface area contributed by atoms with E-state index in [1.807, 2.05) is 0 Å². The van der Waals surface area contributed by atoms with E-state index < -0.39 is 8.07 Å². The predicted octanol–water partition coefficient (Wildman–Crippen LogP) is 1.91. The van der Waals surface area contributed by atoms with Crippen LogP contribution >= 0.6 is 0 Å². The van der Waals surface area contributed by atoms with Crippen molar-refractivity contribution in [1.82, 2.24) is 4.90 Å². The second kappa shape index (κ2) is 3.35. The van der Waals surface area contributed by atoms with Crippen molar-refractivity contribution in [1.29, 1.82) is 0 Å². The lowest BCUT2D eigenvalue weighted by molar-refractivity contribution is 0.384. The van der Waals surface area contributed by atoms with Gasteiger partial charge in [0.25, 0.3) is 0 Å². The molecule has 1 atom stereocenters. The van der Waals surface area contributed by atoms with Crippen LogP contribution in [0.25, 0.3) is 0 Å². The second-order valence-electron chi connectivity index (χ2n) is 3.67. The average molecular weight is 157 g/mol. The largest absolute Gasteiger partial charge is 0.309 e. The van der Waals surface area contributed by atoms with E-state index in [0.717, 1.165) is 0 Å². The molecule has 1 unspecified atom stereocenters. The van der Waals surface area contributed by atoms with Gasteiger partial charge in [-0.1, -0.05) is 20.0 Å². The van der Waals surface area contributed by atoms with E-state index in [1.165, 1.54) is 0 Å². The van der Waals surface area contributed by atoms with Crippen molar-refractivity contribution < 1.29 is 0 Å². The summed E-state index contributed by atoms with van der Waals surface area (Å²) in [4.78, 5) is 2.27. The van der Waals surface area contributed by atoms with Crippen LogP contribution in [0.2, 0.25) is 13.1 Å². The lowest BCUT2D eigenvalue weighted by Gasteiger charge is -2.31. The number of nitrogens with zero attached hydrogens (tertiary/aromatic N) is 1. The van der Waals surface area contributed by atoms with Crippen LogP contribution in [0.5, 0.6) is 0 Å². The maximum absolute atomic E-state index is 3.87. The van der Waals surface area contributed by atoms with Crippen LogP contribution in [0, 0.1) is 0 Å². The Hall–Kier alpha value is -0.0831. The van der Waals surface area contributed by atoms with Gasteiger partial charge >= 0.3 is 0 Å². The highest BCUT2D eigenvalue weighted by molar-refractivity contribution is 6.83. The van der Waals surface area contributed by atoms with Gasteiger partial charge in [-0.25, -0.2) is 0 Å². The van der Waals surface area contributed by atoms with Crippen molar-refractivity contribution >= 4 is 8.07 Å². The zero-order valence-electron chi connectivity index (χ0n) is 7.81. The monoisotopic (exact) mass is 157 g/mol. The van der Waals surface area contributed by atoms with Crippen LogP contribution in [-0.2, 0) is 0 Å². The second-order valence-corrected chi connectivity index (χ2v) is 8.55. The molecule has 0 aliphatic rings. The first-order valence-corrected chi connectivity index (χ1v) is 6.87. The Morgan fingerprint density at radius 2 is 1.80 bits per heavy atom. The van der Waals surface area contributed by atoms with Crippen molar-refractivity contribution in [3.63, 3.8) is 0 Å². The van der Waals surface area contributed by atoms with Gasteiger partial charge in [0.1, 0.15) is 0 Å². The molecule has 1 nitrogen and oxygen atoms in total. The number of hydrogen-bond donors (Lipinski definition) is 0. The van der Waals surface area contributed by atoms with Gasteiger partial charge in [-0.15, -0.1) is 12.3 Å². The van der Waals surface area contributed by atoms with Gasteiger partial charge in [-0.2, -0.15) is 0 Å². The summed E-state index contributed by atoms with van der Waals surface area (Å²) in [5, 5.41) is 0. The van der Waals surface area contributed by atoms with Gasteiger partial charge in [-0.05, 0) is 14.1 Å². The molecule has 0 saturated heterocycles. The molecule has 2 heteroatoms. The Balaban J connectivity index is 4.17. The molecule has 0 saturated carbocycles. The summed E-state index contributed by atoms with van der Waals surface area (Å²) in [6.07, 6.45) is 0. The molecule has 0 radical (unpaired) electrons. The minimum absolute atomic E-state index is 0.685. The molecular formula is C8H19NSi. The Labute approximate surface area is 65.7 Å². The van der Waals surface area contributed by atoms with E-state index in [1.54, 1.807) is 0 Å².